The molecule has 0 amide bonds. The Morgan fingerprint density at radius 2 is 2.06 bits per heavy atom. The molecule has 1 aromatic rings. The van der Waals surface area contributed by atoms with Crippen LogP contribution >= 0.6 is 35.6 Å². The Balaban J connectivity index is 0.00000225. The van der Waals surface area contributed by atoms with Crippen LogP contribution in [0.4, 0.5) is 0 Å². The molecule has 0 radical (unpaired) electrons. The fourth-order valence-electron chi connectivity index (χ4n) is 0.955. The number of ether oxygens (including phenoxy) is 2. The molecule has 1 N–H and O–H groups in total. The lowest BCUT2D eigenvalue weighted by Crippen LogP contribution is -2.13. The maximum atomic E-state index is 7.34. The van der Waals surface area contributed by atoms with Crippen LogP contribution in [0.3, 0.4) is 0 Å². The first-order chi connectivity index (χ1) is 7.15. The molecule has 0 aromatic heterocycles. The molecule has 0 saturated carbocycles. The summed E-state index contributed by atoms with van der Waals surface area (Å²) >= 11 is 11.7. The topological polar surface area (TPSA) is 42.3 Å². The Labute approximate surface area is 111 Å². The van der Waals surface area contributed by atoms with Gasteiger partial charge in [0.05, 0.1) is 11.6 Å². The lowest BCUT2D eigenvalue weighted by molar-refractivity contribution is 0.273. The molecule has 0 aliphatic rings. The van der Waals surface area contributed by atoms with Gasteiger partial charge in [-0.3, -0.25) is 5.41 Å². The second-order valence-electron chi connectivity index (χ2n) is 2.70. The number of hydrogen-bond donors (Lipinski definition) is 1. The fraction of sp³-hybridized carbons (Fsp3) is 0.300. The van der Waals surface area contributed by atoms with Gasteiger partial charge in [-0.2, -0.15) is 0 Å². The van der Waals surface area contributed by atoms with Crippen LogP contribution in [0, 0.1) is 5.41 Å². The molecule has 0 aliphatic carbocycles. The third-order valence-electron chi connectivity index (χ3n) is 1.59. The maximum Gasteiger partial charge on any atom is 0.219 e. The van der Waals surface area contributed by atoms with Crippen LogP contribution in [-0.4, -0.2) is 19.1 Å². The Morgan fingerprint density at radius 1 is 1.38 bits per heavy atom. The fourth-order valence-corrected chi connectivity index (χ4v) is 1.30. The maximum absolute atomic E-state index is 7.34. The van der Waals surface area contributed by atoms with Gasteiger partial charge in [0.1, 0.15) is 10.8 Å². The van der Waals surface area contributed by atoms with Crippen molar-refractivity contribution in [1.82, 2.24) is 0 Å². The zero-order chi connectivity index (χ0) is 11.3. The Hall–Kier alpha value is -0.640. The van der Waals surface area contributed by atoms with Crippen molar-refractivity contribution in [3.8, 4) is 5.75 Å². The molecule has 0 spiro atoms. The van der Waals surface area contributed by atoms with Crippen molar-refractivity contribution in [2.45, 2.75) is 6.92 Å². The van der Waals surface area contributed by atoms with E-state index in [0.29, 0.717) is 22.4 Å². The second kappa shape index (κ2) is 7.60. The molecule has 1 rings (SSSR count). The molecule has 0 aliphatic heterocycles. The summed E-state index contributed by atoms with van der Waals surface area (Å²) in [6.45, 7) is 2.31. The van der Waals surface area contributed by atoms with Gasteiger partial charge in [-0.25, -0.2) is 0 Å². The smallest absolute Gasteiger partial charge is 0.219 e. The van der Waals surface area contributed by atoms with Crippen LogP contribution in [-0.2, 0) is 4.74 Å². The predicted molar refractivity (Wildman–Crippen MR) is 68.6 cm³/mol. The van der Waals surface area contributed by atoms with Crippen molar-refractivity contribution in [1.29, 1.82) is 5.41 Å². The van der Waals surface area contributed by atoms with E-state index in [1.54, 1.807) is 25.1 Å². The summed E-state index contributed by atoms with van der Waals surface area (Å²) < 4.78 is 10.2. The van der Waals surface area contributed by atoms with Crippen LogP contribution in [0.25, 0.3) is 0 Å². The molecular formula is C10H12Cl3NO2. The Kier molecular flexibility index (Phi) is 7.30. The zero-order valence-corrected chi connectivity index (χ0v) is 11.0. The minimum Gasteiger partial charge on any atom is -0.482 e. The van der Waals surface area contributed by atoms with Gasteiger partial charge in [0, 0.05) is 0 Å². The standard InChI is InChI=1S/C10H11Cl2NO2.ClH/c1-2-14-9(13)6-15-8-5-3-4-7(11)10(8)12;/h3-5,13H,2,6H2,1H3;1H. The molecule has 0 unspecified atom stereocenters. The molecule has 1 aromatic carbocycles. The lowest BCUT2D eigenvalue weighted by Gasteiger charge is -2.09. The van der Waals surface area contributed by atoms with Gasteiger partial charge in [0.15, 0.2) is 6.61 Å². The second-order valence-corrected chi connectivity index (χ2v) is 3.48. The first kappa shape index (κ1) is 15.4. The van der Waals surface area contributed by atoms with Gasteiger partial charge < -0.3 is 9.47 Å². The van der Waals surface area contributed by atoms with Crippen molar-refractivity contribution >= 4 is 41.5 Å². The third kappa shape index (κ3) is 4.47. The van der Waals surface area contributed by atoms with Crippen LogP contribution in [0.15, 0.2) is 18.2 Å². The SMILES string of the molecule is CCOC(=N)COc1cccc(Cl)c1Cl.Cl. The van der Waals surface area contributed by atoms with E-state index in [0.717, 1.165) is 0 Å². The summed E-state index contributed by atoms with van der Waals surface area (Å²) in [5.74, 6) is 0.516. The minimum absolute atomic E-state index is 0. The van der Waals surface area contributed by atoms with Crippen LogP contribution in [0.2, 0.25) is 10.0 Å². The van der Waals surface area contributed by atoms with Crippen LogP contribution in [0.5, 0.6) is 5.75 Å². The minimum atomic E-state index is 0. The molecule has 0 heterocycles. The van der Waals surface area contributed by atoms with Crippen molar-refractivity contribution in [2.24, 2.45) is 0 Å². The molecule has 0 bridgehead atoms. The molecule has 6 heteroatoms. The van der Waals surface area contributed by atoms with Crippen LogP contribution in [0.1, 0.15) is 6.92 Å². The number of nitrogens with one attached hydrogen (secondary N) is 1. The Bertz CT molecular complexity index is 358. The van der Waals surface area contributed by atoms with E-state index in [1.165, 1.54) is 0 Å². The summed E-state index contributed by atoms with van der Waals surface area (Å²) in [7, 11) is 0. The summed E-state index contributed by atoms with van der Waals surface area (Å²) in [5, 5.41) is 8.12. The summed E-state index contributed by atoms with van der Waals surface area (Å²) in [4.78, 5) is 0. The van der Waals surface area contributed by atoms with Gasteiger partial charge in [0.25, 0.3) is 0 Å². The number of halogens is 3. The molecule has 90 valence electrons. The van der Waals surface area contributed by atoms with Crippen molar-refractivity contribution in [2.75, 3.05) is 13.2 Å². The molecule has 16 heavy (non-hydrogen) atoms. The van der Waals surface area contributed by atoms with E-state index in [2.05, 4.69) is 0 Å². The first-order valence-corrected chi connectivity index (χ1v) is 5.17. The van der Waals surface area contributed by atoms with Crippen LogP contribution < -0.4 is 4.74 Å². The van der Waals surface area contributed by atoms with Gasteiger partial charge in [0.2, 0.25) is 5.90 Å². The Morgan fingerprint density at radius 3 is 2.69 bits per heavy atom. The average molecular weight is 285 g/mol. The quantitative estimate of drug-likeness (QED) is 0.675. The highest BCUT2D eigenvalue weighted by atomic mass is 35.5. The third-order valence-corrected chi connectivity index (χ3v) is 2.40. The lowest BCUT2D eigenvalue weighted by atomic mass is 10.3. The molecule has 0 saturated heterocycles. The first-order valence-electron chi connectivity index (χ1n) is 4.42. The van der Waals surface area contributed by atoms with E-state index >= 15 is 0 Å². The highest BCUT2D eigenvalue weighted by Crippen LogP contribution is 2.31. The predicted octanol–water partition coefficient (Wildman–Crippen LogP) is 3.81. The molecule has 3 nitrogen and oxygen atoms in total. The number of hydrogen-bond acceptors (Lipinski definition) is 3. The van der Waals surface area contributed by atoms with Crippen molar-refractivity contribution < 1.29 is 9.47 Å². The van der Waals surface area contributed by atoms with Gasteiger partial charge in [-0.15, -0.1) is 12.4 Å². The van der Waals surface area contributed by atoms with Crippen molar-refractivity contribution in [3.63, 3.8) is 0 Å². The summed E-state index contributed by atoms with van der Waals surface area (Å²) in [5.41, 5.74) is 0. The van der Waals surface area contributed by atoms with E-state index < -0.39 is 0 Å². The molecule has 0 fully saturated rings. The monoisotopic (exact) mass is 283 g/mol. The summed E-state index contributed by atoms with van der Waals surface area (Å²) in [6.07, 6.45) is 0. The highest BCUT2D eigenvalue weighted by Gasteiger charge is 2.06. The van der Waals surface area contributed by atoms with E-state index in [4.69, 9.17) is 38.1 Å². The average Bonchev–Trinajstić information content (AvgIpc) is 2.21. The van der Waals surface area contributed by atoms with Crippen molar-refractivity contribution in [3.05, 3.63) is 28.2 Å². The number of rotatable bonds is 4. The number of benzene rings is 1. The van der Waals surface area contributed by atoms with E-state index in [1.807, 2.05) is 0 Å². The highest BCUT2D eigenvalue weighted by molar-refractivity contribution is 6.42. The van der Waals surface area contributed by atoms with E-state index in [9.17, 15) is 0 Å². The largest absolute Gasteiger partial charge is 0.482 e. The van der Waals surface area contributed by atoms with Gasteiger partial charge >= 0.3 is 0 Å². The van der Waals surface area contributed by atoms with E-state index in [-0.39, 0.29) is 24.9 Å². The van der Waals surface area contributed by atoms with Gasteiger partial charge in [-0.1, -0.05) is 29.3 Å². The molecule has 0 atom stereocenters. The molecular weight excluding hydrogens is 272 g/mol. The van der Waals surface area contributed by atoms with Gasteiger partial charge in [-0.05, 0) is 19.1 Å². The zero-order valence-electron chi connectivity index (χ0n) is 8.63. The summed E-state index contributed by atoms with van der Waals surface area (Å²) in [6, 6.07) is 5.09. The normalized spacial score (nSPS) is 9.19.